The van der Waals surface area contributed by atoms with Gasteiger partial charge in [0.05, 0.1) is 5.56 Å². The third-order valence-corrected chi connectivity index (χ3v) is 3.81. The number of anilines is 2. The molecule has 0 aliphatic heterocycles. The van der Waals surface area contributed by atoms with Gasteiger partial charge in [-0.05, 0) is 36.6 Å². The standard InChI is InChI=1S/C19H19N5O/c1-13-5-3-6-14(2)17(13)24-19-22-11-16(12-23-19)18(25)21-10-15-7-4-8-20-9-15/h3-9,11-12H,10H2,1-2H3,(H,21,25)(H,22,23,24). The number of amides is 1. The number of hydrogen-bond donors (Lipinski definition) is 2. The van der Waals surface area contributed by atoms with Crippen LogP contribution in [0.1, 0.15) is 27.0 Å². The molecule has 2 aromatic heterocycles. The largest absolute Gasteiger partial charge is 0.348 e. The highest BCUT2D eigenvalue weighted by Crippen LogP contribution is 2.22. The molecule has 1 amide bonds. The number of rotatable bonds is 5. The molecule has 0 atom stereocenters. The first-order valence-corrected chi connectivity index (χ1v) is 7.96. The van der Waals surface area contributed by atoms with E-state index in [1.54, 1.807) is 12.4 Å². The molecule has 0 radical (unpaired) electrons. The number of nitrogens with zero attached hydrogens (tertiary/aromatic N) is 3. The summed E-state index contributed by atoms with van der Waals surface area (Å²) in [5.74, 6) is 0.240. The van der Waals surface area contributed by atoms with Crippen molar-refractivity contribution in [2.24, 2.45) is 0 Å². The van der Waals surface area contributed by atoms with Gasteiger partial charge in [-0.25, -0.2) is 9.97 Å². The summed E-state index contributed by atoms with van der Waals surface area (Å²) in [5.41, 5.74) is 4.56. The molecule has 0 spiro atoms. The van der Waals surface area contributed by atoms with Gasteiger partial charge in [0.2, 0.25) is 5.95 Å². The SMILES string of the molecule is Cc1cccc(C)c1Nc1ncc(C(=O)NCc2cccnc2)cn1. The molecule has 6 nitrogen and oxygen atoms in total. The molecule has 0 fully saturated rings. The van der Waals surface area contributed by atoms with Gasteiger partial charge in [-0.2, -0.15) is 0 Å². The summed E-state index contributed by atoms with van der Waals surface area (Å²) in [4.78, 5) is 24.7. The van der Waals surface area contributed by atoms with Crippen LogP contribution in [-0.2, 0) is 6.54 Å². The zero-order valence-corrected chi connectivity index (χ0v) is 14.2. The van der Waals surface area contributed by atoms with Crippen LogP contribution in [0.5, 0.6) is 0 Å². The van der Waals surface area contributed by atoms with Crippen molar-refractivity contribution in [3.63, 3.8) is 0 Å². The van der Waals surface area contributed by atoms with Gasteiger partial charge < -0.3 is 10.6 Å². The summed E-state index contributed by atoms with van der Waals surface area (Å²) in [7, 11) is 0. The minimum atomic E-state index is -0.220. The van der Waals surface area contributed by atoms with Crippen molar-refractivity contribution in [3.8, 4) is 0 Å². The fourth-order valence-electron chi connectivity index (χ4n) is 2.42. The monoisotopic (exact) mass is 333 g/mol. The fourth-order valence-corrected chi connectivity index (χ4v) is 2.42. The number of aromatic nitrogens is 3. The van der Waals surface area contributed by atoms with Crippen molar-refractivity contribution in [2.75, 3.05) is 5.32 Å². The Morgan fingerprint density at radius 3 is 2.36 bits per heavy atom. The van der Waals surface area contributed by atoms with E-state index in [4.69, 9.17) is 0 Å². The fraction of sp³-hybridized carbons (Fsp3) is 0.158. The Labute approximate surface area is 146 Å². The van der Waals surface area contributed by atoms with Crippen LogP contribution in [-0.4, -0.2) is 20.9 Å². The molecule has 0 bridgehead atoms. The van der Waals surface area contributed by atoms with Gasteiger partial charge in [0.1, 0.15) is 0 Å². The molecule has 126 valence electrons. The molecule has 2 heterocycles. The first-order valence-electron chi connectivity index (χ1n) is 7.96. The molecule has 0 unspecified atom stereocenters. The van der Waals surface area contributed by atoms with Gasteiger partial charge in [0, 0.05) is 37.0 Å². The first kappa shape index (κ1) is 16.6. The van der Waals surface area contributed by atoms with Crippen molar-refractivity contribution in [1.82, 2.24) is 20.3 Å². The van der Waals surface area contributed by atoms with Crippen LogP contribution < -0.4 is 10.6 Å². The number of benzene rings is 1. The van der Waals surface area contributed by atoms with E-state index >= 15 is 0 Å². The summed E-state index contributed by atoms with van der Waals surface area (Å²) in [6.45, 7) is 4.46. The number of nitrogens with one attached hydrogen (secondary N) is 2. The predicted octanol–water partition coefficient (Wildman–Crippen LogP) is 3.16. The van der Waals surface area contributed by atoms with E-state index in [2.05, 4.69) is 25.6 Å². The Balaban J connectivity index is 1.64. The van der Waals surface area contributed by atoms with Gasteiger partial charge in [-0.1, -0.05) is 24.3 Å². The van der Waals surface area contributed by atoms with Crippen molar-refractivity contribution in [2.45, 2.75) is 20.4 Å². The third-order valence-electron chi connectivity index (χ3n) is 3.81. The molecule has 6 heteroatoms. The molecular formula is C19H19N5O. The summed E-state index contributed by atoms with van der Waals surface area (Å²) < 4.78 is 0. The maximum Gasteiger partial charge on any atom is 0.254 e. The van der Waals surface area contributed by atoms with E-state index in [0.29, 0.717) is 18.1 Å². The highest BCUT2D eigenvalue weighted by atomic mass is 16.1. The number of carbonyl (C=O) groups is 1. The van der Waals surface area contributed by atoms with Gasteiger partial charge >= 0.3 is 0 Å². The van der Waals surface area contributed by atoms with Crippen LogP contribution in [0.15, 0.2) is 55.1 Å². The Kier molecular flexibility index (Phi) is 4.99. The third kappa shape index (κ3) is 4.17. The number of para-hydroxylation sites is 1. The van der Waals surface area contributed by atoms with Crippen LogP contribution in [0.3, 0.4) is 0 Å². The molecule has 0 aliphatic carbocycles. The Hall–Kier alpha value is -3.28. The van der Waals surface area contributed by atoms with E-state index in [-0.39, 0.29) is 5.91 Å². The lowest BCUT2D eigenvalue weighted by atomic mass is 10.1. The second-order valence-electron chi connectivity index (χ2n) is 5.73. The molecule has 1 aromatic carbocycles. The van der Waals surface area contributed by atoms with Crippen LogP contribution in [0.25, 0.3) is 0 Å². The van der Waals surface area contributed by atoms with Crippen LogP contribution in [0.2, 0.25) is 0 Å². The van der Waals surface area contributed by atoms with E-state index < -0.39 is 0 Å². The van der Waals surface area contributed by atoms with Gasteiger partial charge in [0.25, 0.3) is 5.91 Å². The molecular weight excluding hydrogens is 314 g/mol. The Bertz CT molecular complexity index is 842. The topological polar surface area (TPSA) is 79.8 Å². The molecule has 25 heavy (non-hydrogen) atoms. The molecule has 0 saturated heterocycles. The number of aryl methyl sites for hydroxylation is 2. The highest BCUT2D eigenvalue weighted by Gasteiger charge is 2.08. The van der Waals surface area contributed by atoms with Crippen LogP contribution >= 0.6 is 0 Å². The smallest absolute Gasteiger partial charge is 0.254 e. The Morgan fingerprint density at radius 1 is 1.00 bits per heavy atom. The van der Waals surface area contributed by atoms with Crippen molar-refractivity contribution in [1.29, 1.82) is 0 Å². The van der Waals surface area contributed by atoms with Gasteiger partial charge in [-0.3, -0.25) is 9.78 Å². The maximum absolute atomic E-state index is 12.2. The van der Waals surface area contributed by atoms with Crippen LogP contribution in [0, 0.1) is 13.8 Å². The van der Waals surface area contributed by atoms with E-state index in [9.17, 15) is 4.79 Å². The minimum Gasteiger partial charge on any atom is -0.348 e. The summed E-state index contributed by atoms with van der Waals surface area (Å²) in [6, 6.07) is 9.79. The summed E-state index contributed by atoms with van der Waals surface area (Å²) >= 11 is 0. The molecule has 0 saturated carbocycles. The summed E-state index contributed by atoms with van der Waals surface area (Å²) in [5, 5.41) is 6.03. The highest BCUT2D eigenvalue weighted by molar-refractivity contribution is 5.93. The van der Waals surface area contributed by atoms with E-state index in [1.807, 2.05) is 44.2 Å². The molecule has 3 rings (SSSR count). The second kappa shape index (κ2) is 7.53. The van der Waals surface area contributed by atoms with Crippen molar-refractivity contribution in [3.05, 3.63) is 77.4 Å². The minimum absolute atomic E-state index is 0.220. The van der Waals surface area contributed by atoms with E-state index in [1.165, 1.54) is 12.4 Å². The zero-order valence-electron chi connectivity index (χ0n) is 14.2. The van der Waals surface area contributed by atoms with Gasteiger partial charge in [0.15, 0.2) is 0 Å². The summed E-state index contributed by atoms with van der Waals surface area (Å²) in [6.07, 6.45) is 6.44. The lowest BCUT2D eigenvalue weighted by Gasteiger charge is -2.11. The predicted molar refractivity (Wildman–Crippen MR) is 96.6 cm³/mol. The van der Waals surface area contributed by atoms with E-state index in [0.717, 1.165) is 22.4 Å². The number of hydrogen-bond acceptors (Lipinski definition) is 5. The van der Waals surface area contributed by atoms with Crippen LogP contribution in [0.4, 0.5) is 11.6 Å². The van der Waals surface area contributed by atoms with Crippen molar-refractivity contribution >= 4 is 17.5 Å². The molecule has 0 aliphatic rings. The average molecular weight is 333 g/mol. The normalized spacial score (nSPS) is 10.3. The quantitative estimate of drug-likeness (QED) is 0.750. The Morgan fingerprint density at radius 2 is 1.72 bits per heavy atom. The van der Waals surface area contributed by atoms with Gasteiger partial charge in [-0.15, -0.1) is 0 Å². The average Bonchev–Trinajstić information content (AvgIpc) is 2.64. The number of pyridine rings is 1. The second-order valence-corrected chi connectivity index (χ2v) is 5.73. The number of carbonyl (C=O) groups excluding carboxylic acids is 1. The zero-order chi connectivity index (χ0) is 17.6. The van der Waals surface area contributed by atoms with Crippen molar-refractivity contribution < 1.29 is 4.79 Å². The molecule has 2 N–H and O–H groups in total. The molecule has 3 aromatic rings. The lowest BCUT2D eigenvalue weighted by Crippen LogP contribution is -2.23. The maximum atomic E-state index is 12.2. The lowest BCUT2D eigenvalue weighted by molar-refractivity contribution is 0.0950. The first-order chi connectivity index (χ1) is 12.1.